The molecule has 1 aliphatic rings. The van der Waals surface area contributed by atoms with Crippen LogP contribution in [-0.4, -0.2) is 62.1 Å². The smallest absolute Gasteiger partial charge is 0.229 e. The zero-order valence-corrected chi connectivity index (χ0v) is 21.7. The summed E-state index contributed by atoms with van der Waals surface area (Å²) in [6, 6.07) is 4.23. The third-order valence-corrected chi connectivity index (χ3v) is 7.87. The predicted molar refractivity (Wildman–Crippen MR) is 140 cm³/mol. The summed E-state index contributed by atoms with van der Waals surface area (Å²) in [6.45, 7) is 15.6. The molecule has 5 heterocycles. The van der Waals surface area contributed by atoms with Crippen molar-refractivity contribution in [3.8, 4) is 10.6 Å². The first-order chi connectivity index (χ1) is 16.9. The first-order valence-electron chi connectivity index (χ1n) is 12.1. The molecular formula is C25H31FN8S. The number of aromatic nitrogens is 5. The Morgan fingerprint density at radius 2 is 1.83 bits per heavy atom. The van der Waals surface area contributed by atoms with Crippen molar-refractivity contribution in [1.82, 2.24) is 29.4 Å². The second kappa shape index (κ2) is 9.50. The highest BCUT2D eigenvalue weighted by Crippen LogP contribution is 2.39. The summed E-state index contributed by atoms with van der Waals surface area (Å²) in [7, 11) is 0. The molecule has 1 aliphatic heterocycles. The van der Waals surface area contributed by atoms with E-state index in [4.69, 9.17) is 4.98 Å². The zero-order valence-electron chi connectivity index (χ0n) is 20.8. The number of halogens is 1. The van der Waals surface area contributed by atoms with E-state index in [1.54, 1.807) is 0 Å². The monoisotopic (exact) mass is 494 g/mol. The Balaban J connectivity index is 1.38. The van der Waals surface area contributed by atoms with Crippen LogP contribution in [0.4, 0.5) is 21.8 Å². The topological polar surface area (TPSA) is 75.0 Å². The molecule has 0 radical (unpaired) electrons. The molecule has 0 saturated carbocycles. The molecule has 0 amide bonds. The van der Waals surface area contributed by atoms with Gasteiger partial charge in [0.05, 0.1) is 23.0 Å². The molecule has 1 N–H and O–H groups in total. The lowest BCUT2D eigenvalue weighted by molar-refractivity contribution is 0.271. The largest absolute Gasteiger partial charge is 0.368 e. The van der Waals surface area contributed by atoms with E-state index in [1.807, 2.05) is 26.1 Å². The maximum Gasteiger partial charge on any atom is 0.229 e. The SMILES string of the molecule is CCN1CCN(c2ccc(Nc3ncc(F)c(-c4sc5c(nc(C)n5C(C)C)c4C)n3)nc2)CC1. The number of nitrogens with zero attached hydrogens (tertiary/aromatic N) is 7. The number of fused-ring (bicyclic) bond motifs is 1. The van der Waals surface area contributed by atoms with Crippen molar-refractivity contribution in [3.05, 3.63) is 41.7 Å². The number of pyridine rings is 1. The third-order valence-electron chi connectivity index (χ3n) is 6.59. The molecule has 0 unspecified atom stereocenters. The standard InChI is InChI=1S/C25H31FN8S/c1-6-32-9-11-33(12-10-32)18-7-8-20(27-13-18)30-25-28-14-19(26)22(31-25)23-16(4)21-24(35-23)34(15(2)3)17(5)29-21/h7-8,13-15H,6,9-12H2,1-5H3,(H,27,28,30,31). The molecule has 5 rings (SSSR count). The lowest BCUT2D eigenvalue weighted by Gasteiger charge is -2.35. The van der Waals surface area contributed by atoms with Gasteiger partial charge in [-0.05, 0) is 51.9 Å². The van der Waals surface area contributed by atoms with Crippen LogP contribution in [0.15, 0.2) is 24.5 Å². The molecule has 10 heteroatoms. The van der Waals surface area contributed by atoms with Crippen molar-refractivity contribution < 1.29 is 4.39 Å². The van der Waals surface area contributed by atoms with Crippen LogP contribution in [0.2, 0.25) is 0 Å². The number of rotatable bonds is 6. The van der Waals surface area contributed by atoms with Crippen LogP contribution in [-0.2, 0) is 0 Å². The van der Waals surface area contributed by atoms with Gasteiger partial charge < -0.3 is 19.7 Å². The number of hydrogen-bond donors (Lipinski definition) is 1. The second-order valence-electron chi connectivity index (χ2n) is 9.17. The van der Waals surface area contributed by atoms with Crippen molar-refractivity contribution in [1.29, 1.82) is 0 Å². The highest BCUT2D eigenvalue weighted by atomic mass is 32.1. The molecule has 184 valence electrons. The van der Waals surface area contributed by atoms with Gasteiger partial charge in [0, 0.05) is 32.2 Å². The van der Waals surface area contributed by atoms with Crippen molar-refractivity contribution in [2.75, 3.05) is 42.9 Å². The minimum atomic E-state index is -0.454. The van der Waals surface area contributed by atoms with Gasteiger partial charge in [0.2, 0.25) is 5.95 Å². The summed E-state index contributed by atoms with van der Waals surface area (Å²) in [5, 5.41) is 3.13. The minimum absolute atomic E-state index is 0.267. The molecule has 0 aliphatic carbocycles. The molecule has 4 aromatic heterocycles. The molecule has 0 spiro atoms. The van der Waals surface area contributed by atoms with E-state index < -0.39 is 5.82 Å². The van der Waals surface area contributed by atoms with Crippen LogP contribution in [0, 0.1) is 19.7 Å². The Hall–Kier alpha value is -3.11. The highest BCUT2D eigenvalue weighted by Gasteiger charge is 2.22. The second-order valence-corrected chi connectivity index (χ2v) is 10.2. The predicted octanol–water partition coefficient (Wildman–Crippen LogP) is 5.17. The summed E-state index contributed by atoms with van der Waals surface area (Å²) in [6.07, 6.45) is 3.08. The number of nitrogens with one attached hydrogen (secondary N) is 1. The van der Waals surface area contributed by atoms with Gasteiger partial charge in [-0.2, -0.15) is 0 Å². The molecule has 1 saturated heterocycles. The lowest BCUT2D eigenvalue weighted by Crippen LogP contribution is -2.46. The van der Waals surface area contributed by atoms with Gasteiger partial charge in [0.15, 0.2) is 5.82 Å². The fraction of sp³-hybridized carbons (Fsp3) is 0.440. The summed E-state index contributed by atoms with van der Waals surface area (Å²) in [5.74, 6) is 1.44. The van der Waals surface area contributed by atoms with Crippen molar-refractivity contribution in [3.63, 3.8) is 0 Å². The lowest BCUT2D eigenvalue weighted by atomic mass is 10.2. The normalized spacial score (nSPS) is 14.9. The van der Waals surface area contributed by atoms with Crippen molar-refractivity contribution in [2.24, 2.45) is 0 Å². The Labute approximate surface area is 208 Å². The fourth-order valence-corrected chi connectivity index (χ4v) is 6.07. The van der Waals surface area contributed by atoms with E-state index in [1.165, 1.54) is 17.5 Å². The molecule has 0 bridgehead atoms. The average Bonchev–Trinajstić information content (AvgIpc) is 3.35. The number of likely N-dealkylation sites (N-methyl/N-ethyl adjacent to an activating group) is 1. The van der Waals surface area contributed by atoms with Gasteiger partial charge in [0.25, 0.3) is 0 Å². The Bertz CT molecular complexity index is 1340. The summed E-state index contributed by atoms with van der Waals surface area (Å²) in [4.78, 5) is 24.6. The first kappa shape index (κ1) is 23.6. The molecule has 8 nitrogen and oxygen atoms in total. The van der Waals surface area contributed by atoms with Gasteiger partial charge in [-0.15, -0.1) is 11.3 Å². The van der Waals surface area contributed by atoms with Crippen LogP contribution in [0.3, 0.4) is 0 Å². The summed E-state index contributed by atoms with van der Waals surface area (Å²) < 4.78 is 17.0. The summed E-state index contributed by atoms with van der Waals surface area (Å²) >= 11 is 1.52. The van der Waals surface area contributed by atoms with Crippen LogP contribution in [0.25, 0.3) is 20.9 Å². The Kier molecular flexibility index (Phi) is 6.41. The number of aryl methyl sites for hydroxylation is 2. The number of anilines is 3. The fourth-order valence-electron chi connectivity index (χ4n) is 4.65. The van der Waals surface area contributed by atoms with Gasteiger partial charge in [-0.25, -0.2) is 24.3 Å². The Morgan fingerprint density at radius 3 is 2.49 bits per heavy atom. The van der Waals surface area contributed by atoms with Gasteiger partial charge in [0.1, 0.15) is 27.7 Å². The van der Waals surface area contributed by atoms with Crippen molar-refractivity contribution in [2.45, 2.75) is 40.7 Å². The highest BCUT2D eigenvalue weighted by molar-refractivity contribution is 7.22. The Morgan fingerprint density at radius 1 is 1.06 bits per heavy atom. The molecular weight excluding hydrogens is 463 g/mol. The van der Waals surface area contributed by atoms with E-state index in [0.717, 1.165) is 65.0 Å². The van der Waals surface area contributed by atoms with E-state index in [2.05, 4.69) is 61.5 Å². The van der Waals surface area contributed by atoms with E-state index in [-0.39, 0.29) is 11.7 Å². The van der Waals surface area contributed by atoms with Crippen LogP contribution in [0.1, 0.15) is 38.2 Å². The maximum absolute atomic E-state index is 14.9. The molecule has 1 fully saturated rings. The van der Waals surface area contributed by atoms with Gasteiger partial charge in [-0.1, -0.05) is 6.92 Å². The number of thiophene rings is 1. The molecule has 0 aromatic carbocycles. The third kappa shape index (κ3) is 4.48. The van der Waals surface area contributed by atoms with Crippen LogP contribution >= 0.6 is 11.3 Å². The molecule has 4 aromatic rings. The average molecular weight is 495 g/mol. The minimum Gasteiger partial charge on any atom is -0.368 e. The van der Waals surface area contributed by atoms with Gasteiger partial charge in [-0.3, -0.25) is 0 Å². The quantitative estimate of drug-likeness (QED) is 0.396. The summed E-state index contributed by atoms with van der Waals surface area (Å²) in [5.41, 5.74) is 3.21. The van der Waals surface area contributed by atoms with Gasteiger partial charge >= 0.3 is 0 Å². The van der Waals surface area contributed by atoms with Crippen LogP contribution in [0.5, 0.6) is 0 Å². The zero-order chi connectivity index (χ0) is 24.7. The molecule has 35 heavy (non-hydrogen) atoms. The van der Waals surface area contributed by atoms with E-state index >= 15 is 0 Å². The number of hydrogen-bond acceptors (Lipinski definition) is 8. The van der Waals surface area contributed by atoms with E-state index in [0.29, 0.717) is 11.8 Å². The van der Waals surface area contributed by atoms with Crippen LogP contribution < -0.4 is 10.2 Å². The molecule has 0 atom stereocenters. The first-order valence-corrected chi connectivity index (χ1v) is 12.9. The number of piperazine rings is 1. The number of imidazole rings is 1. The van der Waals surface area contributed by atoms with E-state index in [9.17, 15) is 4.39 Å². The van der Waals surface area contributed by atoms with Crippen molar-refractivity contribution >= 4 is 39.1 Å². The maximum atomic E-state index is 14.9.